The van der Waals surface area contributed by atoms with Gasteiger partial charge in [-0.1, -0.05) is 16.8 Å². The molecule has 1 N–H and O–H groups in total. The number of phenolic OH excluding ortho intramolecular Hbond substituents is 1. The average Bonchev–Trinajstić information content (AvgIpc) is 2.65. The second kappa shape index (κ2) is 4.73. The van der Waals surface area contributed by atoms with Crippen LogP contribution in [0.15, 0.2) is 22.7 Å². The first-order chi connectivity index (χ1) is 8.06. The van der Waals surface area contributed by atoms with Gasteiger partial charge >= 0.3 is 0 Å². The normalized spacial score (nSPS) is 11.1. The van der Waals surface area contributed by atoms with Crippen molar-refractivity contribution in [2.75, 3.05) is 14.1 Å². The molecule has 0 spiro atoms. The Balaban J connectivity index is 2.30. The maximum atomic E-state index is 9.71. The smallest absolute Gasteiger partial charge is 0.261 e. The van der Waals surface area contributed by atoms with Crippen molar-refractivity contribution in [3.8, 4) is 17.2 Å². The number of halogens is 1. The maximum Gasteiger partial charge on any atom is 0.261 e. The molecule has 0 aliphatic carbocycles. The van der Waals surface area contributed by atoms with E-state index in [0.717, 1.165) is 0 Å². The molecule has 0 atom stereocenters. The summed E-state index contributed by atoms with van der Waals surface area (Å²) >= 11 is 5.75. The van der Waals surface area contributed by atoms with Crippen LogP contribution in [0.2, 0.25) is 5.02 Å². The lowest BCUT2D eigenvalue weighted by Crippen LogP contribution is -2.11. The van der Waals surface area contributed by atoms with Gasteiger partial charge in [-0.05, 0) is 32.3 Å². The fraction of sp³-hybridized carbons (Fsp3) is 0.273. The number of benzene rings is 1. The standard InChI is InChI=1S/C11H12ClN3O2/c1-15(2)6-10-13-11(17-14-10)8-4-3-7(12)5-9(8)16/h3-5,16H,6H2,1-2H3. The largest absolute Gasteiger partial charge is 0.507 e. The van der Waals surface area contributed by atoms with Crippen LogP contribution in [0.5, 0.6) is 5.75 Å². The molecule has 5 nitrogen and oxygen atoms in total. The van der Waals surface area contributed by atoms with Crippen LogP contribution in [0, 0.1) is 0 Å². The van der Waals surface area contributed by atoms with Crippen LogP contribution in [-0.4, -0.2) is 34.2 Å². The minimum atomic E-state index is 0.0255. The van der Waals surface area contributed by atoms with Crippen LogP contribution in [-0.2, 0) is 6.54 Å². The van der Waals surface area contributed by atoms with Gasteiger partial charge in [-0.15, -0.1) is 0 Å². The van der Waals surface area contributed by atoms with E-state index in [4.69, 9.17) is 16.1 Å². The zero-order valence-corrected chi connectivity index (χ0v) is 10.3. The first-order valence-electron chi connectivity index (χ1n) is 5.02. The Kier molecular flexibility index (Phi) is 3.31. The Bertz CT molecular complexity index is 525. The van der Waals surface area contributed by atoms with Crippen LogP contribution in [0.4, 0.5) is 0 Å². The molecule has 0 radical (unpaired) electrons. The highest BCUT2D eigenvalue weighted by Gasteiger charge is 2.13. The lowest BCUT2D eigenvalue weighted by molar-refractivity contribution is 0.365. The molecule has 0 unspecified atom stereocenters. The van der Waals surface area contributed by atoms with Gasteiger partial charge in [-0.3, -0.25) is 0 Å². The van der Waals surface area contributed by atoms with E-state index in [9.17, 15) is 5.11 Å². The van der Waals surface area contributed by atoms with E-state index < -0.39 is 0 Å². The van der Waals surface area contributed by atoms with Crippen molar-refractivity contribution in [2.45, 2.75) is 6.54 Å². The van der Waals surface area contributed by atoms with Crippen molar-refractivity contribution in [1.29, 1.82) is 0 Å². The maximum absolute atomic E-state index is 9.71. The number of hydrogen-bond donors (Lipinski definition) is 1. The summed E-state index contributed by atoms with van der Waals surface area (Å²) in [7, 11) is 3.82. The molecule has 1 aromatic heterocycles. The van der Waals surface area contributed by atoms with Gasteiger partial charge in [0, 0.05) is 5.02 Å². The summed E-state index contributed by atoms with van der Waals surface area (Å²) in [5.41, 5.74) is 0.479. The number of hydrogen-bond acceptors (Lipinski definition) is 5. The highest BCUT2D eigenvalue weighted by atomic mass is 35.5. The molecule has 1 aromatic carbocycles. The van der Waals surface area contributed by atoms with E-state index >= 15 is 0 Å². The summed E-state index contributed by atoms with van der Waals surface area (Å²) in [6.45, 7) is 0.581. The van der Waals surface area contributed by atoms with Gasteiger partial charge in [0.25, 0.3) is 5.89 Å². The molecule has 0 amide bonds. The number of aromatic hydroxyl groups is 1. The number of rotatable bonds is 3. The van der Waals surface area contributed by atoms with E-state index in [1.54, 1.807) is 12.1 Å². The summed E-state index contributed by atoms with van der Waals surface area (Å²) < 4.78 is 5.08. The van der Waals surface area contributed by atoms with Crippen LogP contribution in [0.25, 0.3) is 11.5 Å². The Labute approximate surface area is 104 Å². The van der Waals surface area contributed by atoms with Crippen molar-refractivity contribution >= 4 is 11.6 Å². The molecular weight excluding hydrogens is 242 g/mol. The second-order valence-corrected chi connectivity index (χ2v) is 4.35. The average molecular weight is 254 g/mol. The molecule has 2 aromatic rings. The van der Waals surface area contributed by atoms with Gasteiger partial charge < -0.3 is 14.5 Å². The van der Waals surface area contributed by atoms with E-state index in [-0.39, 0.29) is 11.6 Å². The molecule has 0 saturated heterocycles. The van der Waals surface area contributed by atoms with Crippen LogP contribution in [0.3, 0.4) is 0 Å². The molecule has 1 heterocycles. The van der Waals surface area contributed by atoms with E-state index in [0.29, 0.717) is 23.0 Å². The zero-order chi connectivity index (χ0) is 12.4. The fourth-order valence-corrected chi connectivity index (χ4v) is 1.56. The first-order valence-corrected chi connectivity index (χ1v) is 5.40. The Morgan fingerprint density at radius 2 is 2.18 bits per heavy atom. The summed E-state index contributed by atoms with van der Waals surface area (Å²) in [6.07, 6.45) is 0. The fourth-order valence-electron chi connectivity index (χ4n) is 1.40. The predicted molar refractivity (Wildman–Crippen MR) is 63.8 cm³/mol. The van der Waals surface area contributed by atoms with E-state index in [2.05, 4.69) is 10.1 Å². The number of phenols is 1. The van der Waals surface area contributed by atoms with Gasteiger partial charge in [-0.25, -0.2) is 0 Å². The SMILES string of the molecule is CN(C)Cc1noc(-c2ccc(Cl)cc2O)n1. The monoisotopic (exact) mass is 253 g/mol. The molecule has 0 bridgehead atoms. The van der Waals surface area contributed by atoms with Gasteiger partial charge in [-0.2, -0.15) is 4.98 Å². The summed E-state index contributed by atoms with van der Waals surface area (Å²) in [5.74, 6) is 0.882. The third-order valence-electron chi connectivity index (χ3n) is 2.12. The van der Waals surface area contributed by atoms with Gasteiger partial charge in [0.2, 0.25) is 0 Å². The summed E-state index contributed by atoms with van der Waals surface area (Å²) in [6, 6.07) is 4.74. The highest BCUT2D eigenvalue weighted by Crippen LogP contribution is 2.30. The molecule has 0 fully saturated rings. The Morgan fingerprint density at radius 3 is 2.82 bits per heavy atom. The van der Waals surface area contributed by atoms with Crippen LogP contribution >= 0.6 is 11.6 Å². The van der Waals surface area contributed by atoms with Crippen molar-refractivity contribution < 1.29 is 9.63 Å². The van der Waals surface area contributed by atoms with E-state index in [1.165, 1.54) is 6.07 Å². The van der Waals surface area contributed by atoms with Crippen molar-refractivity contribution in [1.82, 2.24) is 15.0 Å². The Hall–Kier alpha value is -1.59. The molecule has 17 heavy (non-hydrogen) atoms. The lowest BCUT2D eigenvalue weighted by atomic mass is 10.2. The summed E-state index contributed by atoms with van der Waals surface area (Å²) in [4.78, 5) is 6.12. The van der Waals surface area contributed by atoms with Crippen molar-refractivity contribution in [2.24, 2.45) is 0 Å². The highest BCUT2D eigenvalue weighted by molar-refractivity contribution is 6.30. The Morgan fingerprint density at radius 1 is 1.41 bits per heavy atom. The van der Waals surface area contributed by atoms with Gasteiger partial charge in [0.15, 0.2) is 5.82 Å². The van der Waals surface area contributed by atoms with Crippen molar-refractivity contribution in [3.05, 3.63) is 29.0 Å². The van der Waals surface area contributed by atoms with Gasteiger partial charge in [0.05, 0.1) is 12.1 Å². The predicted octanol–water partition coefficient (Wildman–Crippen LogP) is 2.16. The molecule has 2 rings (SSSR count). The molecule has 90 valence electrons. The van der Waals surface area contributed by atoms with Crippen LogP contribution in [0.1, 0.15) is 5.82 Å². The number of nitrogens with zero attached hydrogens (tertiary/aromatic N) is 3. The zero-order valence-electron chi connectivity index (χ0n) is 9.51. The lowest BCUT2D eigenvalue weighted by Gasteiger charge is -2.03. The molecule has 0 saturated carbocycles. The van der Waals surface area contributed by atoms with Crippen molar-refractivity contribution in [3.63, 3.8) is 0 Å². The molecule has 0 aliphatic rings. The van der Waals surface area contributed by atoms with Crippen LogP contribution < -0.4 is 0 Å². The summed E-state index contributed by atoms with van der Waals surface area (Å²) in [5, 5.41) is 14.0. The minimum Gasteiger partial charge on any atom is -0.507 e. The molecule has 6 heteroatoms. The van der Waals surface area contributed by atoms with Gasteiger partial charge in [0.1, 0.15) is 5.75 Å². The molecular formula is C11H12ClN3O2. The quantitative estimate of drug-likeness (QED) is 0.908. The third-order valence-corrected chi connectivity index (χ3v) is 2.35. The second-order valence-electron chi connectivity index (χ2n) is 3.92. The molecule has 0 aliphatic heterocycles. The first kappa shape index (κ1) is 11.9. The number of aromatic nitrogens is 2. The topological polar surface area (TPSA) is 62.4 Å². The van der Waals surface area contributed by atoms with E-state index in [1.807, 2.05) is 19.0 Å². The minimum absolute atomic E-state index is 0.0255. The third kappa shape index (κ3) is 2.75.